The van der Waals surface area contributed by atoms with Crippen LogP contribution in [0.15, 0.2) is 53.9 Å². The molecule has 250 valence electrons. The SMILES string of the molecule is CC(C)Sc1ccc(OC(F)F)c(-c2nn(CC(=O)N3CCC(NCC(=O)N(C)C)CC3)cc2NC(=O)c2cnn3cccnc23)c1. The minimum atomic E-state index is -3.10. The molecular weight excluding hydrogens is 632 g/mol. The van der Waals surface area contributed by atoms with Crippen molar-refractivity contribution in [3.63, 3.8) is 0 Å². The summed E-state index contributed by atoms with van der Waals surface area (Å²) in [6.07, 6.45) is 7.44. The second-order valence-corrected chi connectivity index (χ2v) is 13.2. The van der Waals surface area contributed by atoms with Gasteiger partial charge in [0.15, 0.2) is 5.65 Å². The molecule has 3 amide bonds. The average Bonchev–Trinajstić information content (AvgIpc) is 3.64. The molecular formula is C31H37F2N9O4S. The van der Waals surface area contributed by atoms with E-state index >= 15 is 0 Å². The quantitative estimate of drug-likeness (QED) is 0.217. The van der Waals surface area contributed by atoms with Gasteiger partial charge in [-0.15, -0.1) is 11.8 Å². The molecule has 2 N–H and O–H groups in total. The van der Waals surface area contributed by atoms with Crippen LogP contribution in [0, 0.1) is 0 Å². The molecule has 13 nitrogen and oxygen atoms in total. The first-order chi connectivity index (χ1) is 22.5. The van der Waals surface area contributed by atoms with Gasteiger partial charge in [-0.2, -0.15) is 19.0 Å². The van der Waals surface area contributed by atoms with Crippen molar-refractivity contribution < 1.29 is 27.9 Å². The van der Waals surface area contributed by atoms with Gasteiger partial charge < -0.3 is 25.2 Å². The zero-order chi connectivity index (χ0) is 33.7. The van der Waals surface area contributed by atoms with Crippen molar-refractivity contribution >= 4 is 40.8 Å². The topological polar surface area (TPSA) is 139 Å². The summed E-state index contributed by atoms with van der Waals surface area (Å²) >= 11 is 1.53. The Hall–Kier alpha value is -4.57. The zero-order valence-electron chi connectivity index (χ0n) is 26.5. The van der Waals surface area contributed by atoms with E-state index in [0.29, 0.717) is 31.6 Å². The van der Waals surface area contributed by atoms with Gasteiger partial charge in [-0.3, -0.25) is 19.1 Å². The number of nitrogens with one attached hydrogen (secondary N) is 2. The third kappa shape index (κ3) is 8.43. The van der Waals surface area contributed by atoms with Crippen molar-refractivity contribution in [3.05, 3.63) is 54.6 Å². The third-order valence-electron chi connectivity index (χ3n) is 7.51. The minimum Gasteiger partial charge on any atom is -0.434 e. The largest absolute Gasteiger partial charge is 0.434 e. The molecule has 4 heterocycles. The van der Waals surface area contributed by atoms with Crippen LogP contribution in [0.25, 0.3) is 16.9 Å². The fraction of sp³-hybridized carbons (Fsp3) is 0.419. The molecule has 5 rings (SSSR count). The number of fused-ring (bicyclic) bond motifs is 1. The normalized spacial score (nSPS) is 13.8. The highest BCUT2D eigenvalue weighted by atomic mass is 32.2. The number of likely N-dealkylation sites (N-methyl/N-ethyl adjacent to an activating group) is 1. The Morgan fingerprint density at radius 1 is 1.17 bits per heavy atom. The first-order valence-electron chi connectivity index (χ1n) is 15.1. The van der Waals surface area contributed by atoms with Gasteiger partial charge in [0, 0.05) is 67.5 Å². The van der Waals surface area contributed by atoms with Gasteiger partial charge in [-0.05, 0) is 37.1 Å². The molecule has 0 spiro atoms. The number of aromatic nitrogens is 5. The van der Waals surface area contributed by atoms with Crippen LogP contribution in [0.5, 0.6) is 5.75 Å². The van der Waals surface area contributed by atoms with Crippen LogP contribution < -0.4 is 15.4 Å². The van der Waals surface area contributed by atoms with E-state index in [2.05, 4.69) is 25.8 Å². The number of halogens is 2. The number of hydrogen-bond donors (Lipinski definition) is 2. The maximum Gasteiger partial charge on any atom is 0.387 e. The number of nitrogens with zero attached hydrogens (tertiary/aromatic N) is 7. The Balaban J connectivity index is 1.41. The number of alkyl halides is 2. The molecule has 1 fully saturated rings. The third-order valence-corrected chi connectivity index (χ3v) is 8.51. The number of hydrogen-bond acceptors (Lipinski definition) is 9. The van der Waals surface area contributed by atoms with Crippen molar-refractivity contribution in [3.8, 4) is 17.0 Å². The first kappa shape index (κ1) is 33.8. The number of carbonyl (C=O) groups excluding carboxylic acids is 3. The van der Waals surface area contributed by atoms with Crippen LogP contribution in [-0.4, -0.2) is 104 Å². The zero-order valence-corrected chi connectivity index (χ0v) is 27.3. The predicted molar refractivity (Wildman–Crippen MR) is 173 cm³/mol. The van der Waals surface area contributed by atoms with Crippen LogP contribution >= 0.6 is 11.8 Å². The number of amides is 3. The Bertz CT molecular complexity index is 1730. The fourth-order valence-corrected chi connectivity index (χ4v) is 6.05. The van der Waals surface area contributed by atoms with E-state index in [4.69, 9.17) is 4.74 Å². The van der Waals surface area contributed by atoms with Crippen LogP contribution in [-0.2, 0) is 16.1 Å². The number of piperidine rings is 1. The molecule has 1 aliphatic heterocycles. The lowest BCUT2D eigenvalue weighted by Gasteiger charge is -2.32. The summed E-state index contributed by atoms with van der Waals surface area (Å²) in [4.78, 5) is 47.1. The van der Waals surface area contributed by atoms with Gasteiger partial charge in [0.05, 0.1) is 18.4 Å². The van der Waals surface area contributed by atoms with Crippen molar-refractivity contribution in [1.29, 1.82) is 0 Å². The molecule has 0 aliphatic carbocycles. The molecule has 47 heavy (non-hydrogen) atoms. The lowest BCUT2D eigenvalue weighted by atomic mass is 10.0. The summed E-state index contributed by atoms with van der Waals surface area (Å²) in [7, 11) is 3.40. The number of rotatable bonds is 12. The van der Waals surface area contributed by atoms with Gasteiger partial charge in [0.25, 0.3) is 5.91 Å². The summed E-state index contributed by atoms with van der Waals surface area (Å²) in [5, 5.41) is 15.1. The Labute approximate surface area is 274 Å². The number of benzene rings is 1. The Morgan fingerprint density at radius 3 is 2.64 bits per heavy atom. The lowest BCUT2D eigenvalue weighted by molar-refractivity contribution is -0.133. The van der Waals surface area contributed by atoms with E-state index in [0.717, 1.165) is 4.90 Å². The number of likely N-dealkylation sites (tertiary alicyclic amines) is 1. The fourth-order valence-electron chi connectivity index (χ4n) is 5.17. The number of anilines is 1. The highest BCUT2D eigenvalue weighted by Crippen LogP contribution is 2.39. The van der Waals surface area contributed by atoms with Crippen LogP contribution in [0.3, 0.4) is 0 Å². The smallest absolute Gasteiger partial charge is 0.387 e. The molecule has 0 radical (unpaired) electrons. The van der Waals surface area contributed by atoms with Gasteiger partial charge in [0.2, 0.25) is 11.8 Å². The van der Waals surface area contributed by atoms with Gasteiger partial charge >= 0.3 is 6.61 Å². The van der Waals surface area contributed by atoms with Gasteiger partial charge in [0.1, 0.15) is 23.6 Å². The summed E-state index contributed by atoms with van der Waals surface area (Å²) in [6, 6.07) is 6.60. The van der Waals surface area contributed by atoms with Crippen molar-refractivity contribution in [2.24, 2.45) is 0 Å². The van der Waals surface area contributed by atoms with Crippen molar-refractivity contribution in [1.82, 2.24) is 39.5 Å². The van der Waals surface area contributed by atoms with Crippen molar-refractivity contribution in [2.75, 3.05) is 39.0 Å². The molecule has 16 heteroatoms. The highest BCUT2D eigenvalue weighted by molar-refractivity contribution is 7.99. The average molecular weight is 670 g/mol. The molecule has 1 aliphatic rings. The summed E-state index contributed by atoms with van der Waals surface area (Å²) in [5.41, 5.74) is 1.10. The number of ether oxygens (including phenoxy) is 1. The molecule has 0 saturated carbocycles. The van der Waals surface area contributed by atoms with E-state index in [1.165, 1.54) is 50.5 Å². The van der Waals surface area contributed by atoms with E-state index in [1.807, 2.05) is 13.8 Å². The van der Waals surface area contributed by atoms with E-state index in [9.17, 15) is 23.2 Å². The van der Waals surface area contributed by atoms with E-state index < -0.39 is 12.5 Å². The van der Waals surface area contributed by atoms with E-state index in [-0.39, 0.29) is 64.5 Å². The Morgan fingerprint density at radius 2 is 1.94 bits per heavy atom. The minimum absolute atomic E-state index is 0.0193. The predicted octanol–water partition coefficient (Wildman–Crippen LogP) is 3.62. The summed E-state index contributed by atoms with van der Waals surface area (Å²) in [5.74, 6) is -0.883. The monoisotopic (exact) mass is 669 g/mol. The lowest BCUT2D eigenvalue weighted by Crippen LogP contribution is -2.47. The standard InChI is InChI=1S/C31H37F2N9O4S/c1-19(2)47-21-6-7-25(46-31(32)33)22(14-21)28-24(37-30(45)23-15-36-42-11-5-10-34-29(23)42)17-41(38-28)18-27(44)40-12-8-20(9-13-40)35-16-26(43)39(3)4/h5-7,10-11,14-15,17,19-20,31,35H,8-9,12-13,16,18H2,1-4H3,(H,37,45). The second-order valence-electron chi connectivity index (χ2n) is 11.5. The molecule has 0 unspecified atom stereocenters. The molecule has 0 bridgehead atoms. The number of thioether (sulfide) groups is 1. The van der Waals surface area contributed by atoms with E-state index in [1.54, 1.807) is 43.4 Å². The molecule has 4 aromatic rings. The summed E-state index contributed by atoms with van der Waals surface area (Å²) in [6.45, 7) is 1.99. The second kappa shape index (κ2) is 14.9. The maximum atomic E-state index is 13.5. The maximum absolute atomic E-state index is 13.5. The van der Waals surface area contributed by atoms with Crippen LogP contribution in [0.2, 0.25) is 0 Å². The van der Waals surface area contributed by atoms with Crippen molar-refractivity contribution in [2.45, 2.75) is 56.0 Å². The molecule has 0 atom stereocenters. The Kier molecular flexibility index (Phi) is 10.7. The molecule has 3 aromatic heterocycles. The van der Waals surface area contributed by atoms with Crippen LogP contribution in [0.4, 0.5) is 14.5 Å². The highest BCUT2D eigenvalue weighted by Gasteiger charge is 2.26. The van der Waals surface area contributed by atoms with Crippen LogP contribution in [0.1, 0.15) is 37.0 Å². The number of carbonyl (C=O) groups is 3. The van der Waals surface area contributed by atoms with Gasteiger partial charge in [-0.25, -0.2) is 9.50 Å². The molecule has 1 aromatic carbocycles. The molecule has 1 saturated heterocycles. The van der Waals surface area contributed by atoms with Gasteiger partial charge in [-0.1, -0.05) is 13.8 Å². The first-order valence-corrected chi connectivity index (χ1v) is 16.0. The summed E-state index contributed by atoms with van der Waals surface area (Å²) < 4.78 is 34.7.